The highest BCUT2D eigenvalue weighted by Crippen LogP contribution is 2.36. The van der Waals surface area contributed by atoms with Crippen molar-refractivity contribution in [3.8, 4) is 5.75 Å². The van der Waals surface area contributed by atoms with Gasteiger partial charge in [0, 0.05) is 16.6 Å². The second kappa shape index (κ2) is 6.41. The number of ether oxygens (including phenoxy) is 1. The van der Waals surface area contributed by atoms with Gasteiger partial charge in [-0.25, -0.2) is 0 Å². The number of rotatable bonds is 4. The summed E-state index contributed by atoms with van der Waals surface area (Å²) in [4.78, 5) is 26.0. The van der Waals surface area contributed by atoms with Crippen molar-refractivity contribution in [2.45, 2.75) is 19.4 Å². The van der Waals surface area contributed by atoms with Gasteiger partial charge in [0.2, 0.25) is 5.91 Å². The quantitative estimate of drug-likeness (QED) is 0.910. The summed E-state index contributed by atoms with van der Waals surface area (Å²) >= 11 is 6.04. The van der Waals surface area contributed by atoms with E-state index in [0.717, 1.165) is 18.4 Å². The van der Waals surface area contributed by atoms with Gasteiger partial charge in [0.25, 0.3) is 5.91 Å². The third kappa shape index (κ3) is 3.46. The van der Waals surface area contributed by atoms with E-state index in [1.165, 1.54) is 0 Å². The van der Waals surface area contributed by atoms with E-state index in [4.69, 9.17) is 16.3 Å². The van der Waals surface area contributed by atoms with E-state index in [-0.39, 0.29) is 24.3 Å². The largest absolute Gasteiger partial charge is 0.482 e. The Bertz CT molecular complexity index is 848. The van der Waals surface area contributed by atoms with Crippen molar-refractivity contribution < 1.29 is 14.3 Å². The van der Waals surface area contributed by atoms with E-state index < -0.39 is 0 Å². The van der Waals surface area contributed by atoms with Gasteiger partial charge >= 0.3 is 0 Å². The van der Waals surface area contributed by atoms with Crippen LogP contribution in [0.15, 0.2) is 42.5 Å². The lowest BCUT2D eigenvalue weighted by Crippen LogP contribution is -2.38. The van der Waals surface area contributed by atoms with Gasteiger partial charge in [-0.2, -0.15) is 0 Å². The lowest BCUT2D eigenvalue weighted by molar-refractivity contribution is -0.121. The van der Waals surface area contributed by atoms with Crippen LogP contribution in [0.25, 0.3) is 0 Å². The minimum Gasteiger partial charge on any atom is -0.482 e. The molecular weight excluding hydrogens is 340 g/mol. The van der Waals surface area contributed by atoms with Crippen molar-refractivity contribution in [3.63, 3.8) is 0 Å². The topological polar surface area (TPSA) is 58.6 Å². The summed E-state index contributed by atoms with van der Waals surface area (Å²) in [5.41, 5.74) is 2.26. The molecule has 1 fully saturated rings. The lowest BCUT2D eigenvalue weighted by atomic mass is 10.1. The number of fused-ring (bicyclic) bond motifs is 1. The zero-order valence-electron chi connectivity index (χ0n) is 13.5. The van der Waals surface area contributed by atoms with Gasteiger partial charge in [0.1, 0.15) is 5.75 Å². The Kier molecular flexibility index (Phi) is 4.09. The van der Waals surface area contributed by atoms with E-state index in [1.807, 2.05) is 18.2 Å². The molecule has 128 valence electrons. The Morgan fingerprint density at radius 1 is 1.24 bits per heavy atom. The summed E-state index contributed by atoms with van der Waals surface area (Å²) in [6.07, 6.45) is 1.89. The average molecular weight is 357 g/mol. The molecule has 1 saturated carbocycles. The number of carbonyl (C=O) groups excluding carboxylic acids is 2. The molecule has 0 radical (unpaired) electrons. The molecule has 0 bridgehead atoms. The van der Waals surface area contributed by atoms with E-state index >= 15 is 0 Å². The summed E-state index contributed by atoms with van der Waals surface area (Å²) < 4.78 is 5.52. The maximum atomic E-state index is 12.4. The number of amides is 2. The Morgan fingerprint density at radius 2 is 2.08 bits per heavy atom. The van der Waals surface area contributed by atoms with Crippen LogP contribution in [0.4, 0.5) is 11.4 Å². The summed E-state index contributed by atoms with van der Waals surface area (Å²) in [6, 6.07) is 12.8. The molecule has 0 atom stereocenters. The number of halogens is 1. The predicted molar refractivity (Wildman–Crippen MR) is 95.9 cm³/mol. The van der Waals surface area contributed by atoms with E-state index in [2.05, 4.69) is 5.32 Å². The number of nitrogens with one attached hydrogen (secondary N) is 1. The number of anilines is 2. The third-order valence-corrected chi connectivity index (χ3v) is 4.58. The second-order valence-electron chi connectivity index (χ2n) is 6.34. The van der Waals surface area contributed by atoms with Gasteiger partial charge < -0.3 is 15.0 Å². The van der Waals surface area contributed by atoms with E-state index in [1.54, 1.807) is 29.2 Å². The molecule has 1 aliphatic heterocycles. The zero-order valence-corrected chi connectivity index (χ0v) is 14.3. The highest BCUT2D eigenvalue weighted by molar-refractivity contribution is 6.30. The van der Waals surface area contributed by atoms with Crippen molar-refractivity contribution in [2.24, 2.45) is 5.92 Å². The Hall–Kier alpha value is -2.53. The molecule has 2 aliphatic rings. The molecule has 4 rings (SSSR count). The molecule has 0 aromatic heterocycles. The maximum absolute atomic E-state index is 12.4. The van der Waals surface area contributed by atoms with Crippen molar-refractivity contribution in [1.82, 2.24) is 0 Å². The van der Waals surface area contributed by atoms with Crippen LogP contribution < -0.4 is 15.0 Å². The SMILES string of the molecule is O=C(Nc1ccc2c(c1)N(Cc1cccc(Cl)c1)C(=O)CO2)C1CC1. The van der Waals surface area contributed by atoms with Gasteiger partial charge in [0.15, 0.2) is 6.61 Å². The molecule has 25 heavy (non-hydrogen) atoms. The first-order chi connectivity index (χ1) is 12.1. The molecule has 5 nitrogen and oxygen atoms in total. The summed E-state index contributed by atoms with van der Waals surface area (Å²) in [7, 11) is 0. The van der Waals surface area contributed by atoms with Crippen LogP contribution in [-0.4, -0.2) is 18.4 Å². The molecule has 0 saturated heterocycles. The molecule has 1 heterocycles. The van der Waals surface area contributed by atoms with Crippen LogP contribution in [0.1, 0.15) is 18.4 Å². The average Bonchev–Trinajstić information content (AvgIpc) is 3.43. The van der Waals surface area contributed by atoms with Gasteiger partial charge in [-0.1, -0.05) is 23.7 Å². The Morgan fingerprint density at radius 3 is 2.84 bits per heavy atom. The van der Waals surface area contributed by atoms with Crippen molar-refractivity contribution >= 4 is 34.8 Å². The van der Waals surface area contributed by atoms with Crippen molar-refractivity contribution in [2.75, 3.05) is 16.8 Å². The number of benzene rings is 2. The predicted octanol–water partition coefficient (Wildman–Crippen LogP) is 3.61. The van der Waals surface area contributed by atoms with Gasteiger partial charge in [-0.15, -0.1) is 0 Å². The molecule has 0 unspecified atom stereocenters. The molecule has 1 N–H and O–H groups in total. The molecule has 1 aliphatic carbocycles. The van der Waals surface area contributed by atoms with Crippen LogP contribution in [0.3, 0.4) is 0 Å². The minimum atomic E-state index is -0.127. The Labute approximate surface area is 150 Å². The fourth-order valence-corrected chi connectivity index (χ4v) is 3.07. The van der Waals surface area contributed by atoms with Crippen LogP contribution in [0.5, 0.6) is 5.75 Å². The summed E-state index contributed by atoms with van der Waals surface area (Å²) in [6.45, 7) is 0.400. The van der Waals surface area contributed by atoms with Gasteiger partial charge in [0.05, 0.1) is 12.2 Å². The fourth-order valence-electron chi connectivity index (χ4n) is 2.86. The van der Waals surface area contributed by atoms with Crippen molar-refractivity contribution in [1.29, 1.82) is 0 Å². The molecule has 0 spiro atoms. The van der Waals surface area contributed by atoms with E-state index in [9.17, 15) is 9.59 Å². The molecule has 2 amide bonds. The van der Waals surface area contributed by atoms with Gasteiger partial charge in [-0.3, -0.25) is 9.59 Å². The van der Waals surface area contributed by atoms with Crippen LogP contribution in [-0.2, 0) is 16.1 Å². The third-order valence-electron chi connectivity index (χ3n) is 4.35. The zero-order chi connectivity index (χ0) is 17.4. The molecule has 2 aromatic carbocycles. The molecule has 6 heteroatoms. The number of hydrogen-bond donors (Lipinski definition) is 1. The smallest absolute Gasteiger partial charge is 0.265 e. The second-order valence-corrected chi connectivity index (χ2v) is 6.78. The van der Waals surface area contributed by atoms with Gasteiger partial charge in [-0.05, 0) is 48.7 Å². The highest BCUT2D eigenvalue weighted by Gasteiger charge is 2.30. The molecule has 2 aromatic rings. The maximum Gasteiger partial charge on any atom is 0.265 e. The van der Waals surface area contributed by atoms with E-state index in [0.29, 0.717) is 28.7 Å². The summed E-state index contributed by atoms with van der Waals surface area (Å²) in [5, 5.41) is 3.54. The lowest BCUT2D eigenvalue weighted by Gasteiger charge is -2.30. The monoisotopic (exact) mass is 356 g/mol. The van der Waals surface area contributed by atoms with Crippen LogP contribution in [0.2, 0.25) is 5.02 Å². The number of carbonyl (C=O) groups is 2. The van der Waals surface area contributed by atoms with Crippen LogP contribution >= 0.6 is 11.6 Å². The minimum absolute atomic E-state index is 0.00133. The first-order valence-corrected chi connectivity index (χ1v) is 8.60. The number of hydrogen-bond acceptors (Lipinski definition) is 3. The Balaban J connectivity index is 1.62. The first kappa shape index (κ1) is 16.0. The first-order valence-electron chi connectivity index (χ1n) is 8.23. The highest BCUT2D eigenvalue weighted by atomic mass is 35.5. The summed E-state index contributed by atoms with van der Waals surface area (Å²) in [5.74, 6) is 0.657. The van der Waals surface area contributed by atoms with Crippen LogP contribution in [0, 0.1) is 5.92 Å². The molecular formula is C19H17ClN2O3. The van der Waals surface area contributed by atoms with Crippen molar-refractivity contribution in [3.05, 3.63) is 53.1 Å². The normalized spacial score (nSPS) is 16.2. The standard InChI is InChI=1S/C19H17ClN2O3/c20-14-3-1-2-12(8-14)10-22-16-9-15(21-19(24)13-4-5-13)6-7-17(16)25-11-18(22)23/h1-3,6-9,13H,4-5,10-11H2,(H,21,24). The number of nitrogens with zero attached hydrogens (tertiary/aromatic N) is 1. The fraction of sp³-hybridized carbons (Fsp3) is 0.263.